The van der Waals surface area contributed by atoms with Crippen LogP contribution in [0, 0.1) is 12.8 Å². The third-order valence-corrected chi connectivity index (χ3v) is 3.63. The van der Waals surface area contributed by atoms with Gasteiger partial charge in [0, 0.05) is 12.1 Å². The Morgan fingerprint density at radius 1 is 1.44 bits per heavy atom. The van der Waals surface area contributed by atoms with E-state index in [4.69, 9.17) is 0 Å². The van der Waals surface area contributed by atoms with Crippen LogP contribution in [0.15, 0.2) is 24.3 Å². The summed E-state index contributed by atoms with van der Waals surface area (Å²) < 4.78 is 0. The van der Waals surface area contributed by atoms with E-state index in [0.29, 0.717) is 0 Å². The van der Waals surface area contributed by atoms with Crippen molar-refractivity contribution in [3.63, 3.8) is 0 Å². The molecule has 1 aromatic carbocycles. The van der Waals surface area contributed by atoms with Crippen molar-refractivity contribution in [3.05, 3.63) is 35.4 Å². The van der Waals surface area contributed by atoms with E-state index in [2.05, 4.69) is 10.6 Å². The van der Waals surface area contributed by atoms with Gasteiger partial charge in [0.15, 0.2) is 0 Å². The van der Waals surface area contributed by atoms with Crippen LogP contribution >= 0.6 is 0 Å². The van der Waals surface area contributed by atoms with E-state index >= 15 is 0 Å². The average molecular weight is 246 g/mol. The fraction of sp³-hybridized carbons (Fsp3) is 0.533. The van der Waals surface area contributed by atoms with Crippen LogP contribution in [0.2, 0.25) is 0 Å². The molecule has 1 atom stereocenters. The first-order valence-corrected chi connectivity index (χ1v) is 6.82. The SMILES string of the molecule is Cc1ccccc1C(=O)NCCC1CCCNC1. The van der Waals surface area contributed by atoms with E-state index in [1.165, 1.54) is 12.8 Å². The first kappa shape index (κ1) is 13.1. The largest absolute Gasteiger partial charge is 0.352 e. The molecule has 0 aliphatic carbocycles. The molecule has 2 N–H and O–H groups in total. The molecule has 1 amide bonds. The van der Waals surface area contributed by atoms with E-state index in [-0.39, 0.29) is 5.91 Å². The maximum Gasteiger partial charge on any atom is 0.251 e. The minimum atomic E-state index is 0.0527. The number of hydrogen-bond acceptors (Lipinski definition) is 2. The molecule has 1 aliphatic rings. The summed E-state index contributed by atoms with van der Waals surface area (Å²) >= 11 is 0. The van der Waals surface area contributed by atoms with Crippen LogP contribution in [0.3, 0.4) is 0 Å². The van der Waals surface area contributed by atoms with Gasteiger partial charge in [-0.2, -0.15) is 0 Å². The Kier molecular flexibility index (Phi) is 4.76. The molecular formula is C15H22N2O. The maximum absolute atomic E-state index is 12.0. The Balaban J connectivity index is 1.76. The lowest BCUT2D eigenvalue weighted by atomic mass is 9.96. The van der Waals surface area contributed by atoms with Gasteiger partial charge in [-0.25, -0.2) is 0 Å². The number of aryl methyl sites for hydroxylation is 1. The van der Waals surface area contributed by atoms with Gasteiger partial charge in [-0.15, -0.1) is 0 Å². The minimum absolute atomic E-state index is 0.0527. The highest BCUT2D eigenvalue weighted by molar-refractivity contribution is 5.95. The second-order valence-electron chi connectivity index (χ2n) is 5.07. The highest BCUT2D eigenvalue weighted by Crippen LogP contribution is 2.13. The van der Waals surface area contributed by atoms with Crippen molar-refractivity contribution in [1.82, 2.24) is 10.6 Å². The topological polar surface area (TPSA) is 41.1 Å². The zero-order chi connectivity index (χ0) is 12.8. The van der Waals surface area contributed by atoms with Crippen molar-refractivity contribution in [3.8, 4) is 0 Å². The van der Waals surface area contributed by atoms with Crippen molar-refractivity contribution < 1.29 is 4.79 Å². The summed E-state index contributed by atoms with van der Waals surface area (Å²) in [6, 6.07) is 7.72. The molecular weight excluding hydrogens is 224 g/mol. The quantitative estimate of drug-likeness (QED) is 0.854. The van der Waals surface area contributed by atoms with Gasteiger partial charge in [0.25, 0.3) is 5.91 Å². The third-order valence-electron chi connectivity index (χ3n) is 3.63. The van der Waals surface area contributed by atoms with E-state index in [9.17, 15) is 4.79 Å². The summed E-state index contributed by atoms with van der Waals surface area (Å²) in [6.45, 7) is 4.99. The number of hydrogen-bond donors (Lipinski definition) is 2. The molecule has 1 aromatic rings. The van der Waals surface area contributed by atoms with Gasteiger partial charge in [-0.1, -0.05) is 18.2 Å². The van der Waals surface area contributed by atoms with Crippen LogP contribution in [0.4, 0.5) is 0 Å². The lowest BCUT2D eigenvalue weighted by molar-refractivity contribution is 0.0950. The Hall–Kier alpha value is -1.35. The predicted molar refractivity (Wildman–Crippen MR) is 73.7 cm³/mol. The van der Waals surface area contributed by atoms with E-state index in [1.807, 2.05) is 31.2 Å². The minimum Gasteiger partial charge on any atom is -0.352 e. The van der Waals surface area contributed by atoms with Crippen LogP contribution in [-0.4, -0.2) is 25.5 Å². The number of carbonyl (C=O) groups is 1. The monoisotopic (exact) mass is 246 g/mol. The molecule has 3 heteroatoms. The Morgan fingerprint density at radius 3 is 3.00 bits per heavy atom. The van der Waals surface area contributed by atoms with Gasteiger partial charge in [0.05, 0.1) is 0 Å². The van der Waals surface area contributed by atoms with Crippen LogP contribution < -0.4 is 10.6 Å². The number of nitrogens with one attached hydrogen (secondary N) is 2. The first-order chi connectivity index (χ1) is 8.77. The van der Waals surface area contributed by atoms with Crippen molar-refractivity contribution >= 4 is 5.91 Å². The molecule has 0 bridgehead atoms. The van der Waals surface area contributed by atoms with Crippen molar-refractivity contribution in [2.24, 2.45) is 5.92 Å². The summed E-state index contributed by atoms with van der Waals surface area (Å²) in [4.78, 5) is 12.0. The summed E-state index contributed by atoms with van der Waals surface area (Å²) in [7, 11) is 0. The molecule has 1 unspecified atom stereocenters. The fourth-order valence-corrected chi connectivity index (χ4v) is 2.48. The molecule has 1 aliphatic heterocycles. The zero-order valence-corrected chi connectivity index (χ0v) is 11.0. The van der Waals surface area contributed by atoms with Gasteiger partial charge in [-0.05, 0) is 56.8 Å². The van der Waals surface area contributed by atoms with E-state index in [0.717, 1.165) is 43.1 Å². The van der Waals surface area contributed by atoms with Crippen LogP contribution in [-0.2, 0) is 0 Å². The van der Waals surface area contributed by atoms with Crippen molar-refractivity contribution in [2.75, 3.05) is 19.6 Å². The van der Waals surface area contributed by atoms with Crippen LogP contribution in [0.5, 0.6) is 0 Å². The summed E-state index contributed by atoms with van der Waals surface area (Å²) in [5.41, 5.74) is 1.83. The number of carbonyl (C=O) groups excluding carboxylic acids is 1. The van der Waals surface area contributed by atoms with Gasteiger partial charge >= 0.3 is 0 Å². The lowest BCUT2D eigenvalue weighted by Gasteiger charge is -2.22. The molecule has 2 rings (SSSR count). The highest BCUT2D eigenvalue weighted by Gasteiger charge is 2.13. The molecule has 0 aromatic heterocycles. The number of benzene rings is 1. The van der Waals surface area contributed by atoms with Crippen molar-refractivity contribution in [1.29, 1.82) is 0 Å². The standard InChI is InChI=1S/C15H22N2O/c1-12-5-2-3-7-14(12)15(18)17-10-8-13-6-4-9-16-11-13/h2-3,5,7,13,16H,4,6,8-11H2,1H3,(H,17,18). The second-order valence-corrected chi connectivity index (χ2v) is 5.07. The number of piperidine rings is 1. The van der Waals surface area contributed by atoms with Gasteiger partial charge in [0.2, 0.25) is 0 Å². The molecule has 3 nitrogen and oxygen atoms in total. The zero-order valence-electron chi connectivity index (χ0n) is 11.0. The summed E-state index contributed by atoms with van der Waals surface area (Å²) in [5, 5.41) is 6.42. The molecule has 18 heavy (non-hydrogen) atoms. The summed E-state index contributed by atoms with van der Waals surface area (Å²) in [5.74, 6) is 0.771. The maximum atomic E-state index is 12.0. The fourth-order valence-electron chi connectivity index (χ4n) is 2.48. The lowest BCUT2D eigenvalue weighted by Crippen LogP contribution is -2.33. The summed E-state index contributed by atoms with van der Waals surface area (Å²) in [6.07, 6.45) is 3.62. The smallest absolute Gasteiger partial charge is 0.251 e. The Bertz CT molecular complexity index is 397. The van der Waals surface area contributed by atoms with Gasteiger partial charge < -0.3 is 10.6 Å². The Morgan fingerprint density at radius 2 is 2.28 bits per heavy atom. The second kappa shape index (κ2) is 6.55. The third kappa shape index (κ3) is 3.57. The Labute approximate surface area is 109 Å². The average Bonchev–Trinajstić information content (AvgIpc) is 2.40. The highest BCUT2D eigenvalue weighted by atomic mass is 16.1. The molecule has 1 heterocycles. The number of amides is 1. The van der Waals surface area contributed by atoms with Gasteiger partial charge in [-0.3, -0.25) is 4.79 Å². The van der Waals surface area contributed by atoms with E-state index < -0.39 is 0 Å². The molecule has 98 valence electrons. The molecule has 1 saturated heterocycles. The predicted octanol–water partition coefficient (Wildman–Crippen LogP) is 2.11. The van der Waals surface area contributed by atoms with E-state index in [1.54, 1.807) is 0 Å². The van der Waals surface area contributed by atoms with Gasteiger partial charge in [0.1, 0.15) is 0 Å². The van der Waals surface area contributed by atoms with Crippen LogP contribution in [0.25, 0.3) is 0 Å². The molecule has 1 fully saturated rings. The van der Waals surface area contributed by atoms with Crippen LogP contribution in [0.1, 0.15) is 35.2 Å². The van der Waals surface area contributed by atoms with Crippen molar-refractivity contribution in [2.45, 2.75) is 26.2 Å². The molecule has 0 spiro atoms. The molecule has 0 saturated carbocycles. The number of rotatable bonds is 4. The first-order valence-electron chi connectivity index (χ1n) is 6.82. The normalized spacial score (nSPS) is 19.5. The molecule has 0 radical (unpaired) electrons.